The number of aromatic amines is 1. The zero-order valence-electron chi connectivity index (χ0n) is 18.4. The van der Waals surface area contributed by atoms with Crippen LogP contribution in [0.25, 0.3) is 22.2 Å². The number of fused-ring (bicyclic) bond motifs is 2. The van der Waals surface area contributed by atoms with E-state index in [-0.39, 0.29) is 5.91 Å². The number of amides is 1. The van der Waals surface area contributed by atoms with Crippen LogP contribution in [0.1, 0.15) is 24.1 Å². The van der Waals surface area contributed by atoms with E-state index in [1.165, 1.54) is 0 Å². The molecule has 0 aliphatic carbocycles. The summed E-state index contributed by atoms with van der Waals surface area (Å²) in [6.45, 7) is 0.897. The first kappa shape index (κ1) is 21.1. The fourth-order valence-corrected chi connectivity index (χ4v) is 5.29. The van der Waals surface area contributed by atoms with Crippen LogP contribution in [0.5, 0.6) is 5.75 Å². The quantitative estimate of drug-likeness (QED) is 0.466. The van der Waals surface area contributed by atoms with Crippen molar-refractivity contribution < 1.29 is 14.6 Å². The molecule has 0 spiro atoms. The number of hydrogen-bond acceptors (Lipinski definition) is 5. The number of rotatable bonds is 3. The Hall–Kier alpha value is -3.42. The van der Waals surface area contributed by atoms with Crippen LogP contribution >= 0.6 is 11.6 Å². The molecule has 1 amide bonds. The minimum atomic E-state index is -1.01. The van der Waals surface area contributed by atoms with Crippen molar-refractivity contribution in [2.45, 2.75) is 31.0 Å². The lowest BCUT2D eigenvalue weighted by molar-refractivity contribution is -0.142. The van der Waals surface area contributed by atoms with E-state index < -0.39 is 11.7 Å². The Labute approximate surface area is 201 Å². The molecular formula is C26H23ClN4O3. The third kappa shape index (κ3) is 3.52. The summed E-state index contributed by atoms with van der Waals surface area (Å²) in [7, 11) is 0. The maximum absolute atomic E-state index is 13.4. The first-order chi connectivity index (χ1) is 16.5. The second kappa shape index (κ2) is 8.11. The number of benzene rings is 1. The van der Waals surface area contributed by atoms with Gasteiger partial charge in [-0.15, -0.1) is 0 Å². The van der Waals surface area contributed by atoms with Gasteiger partial charge in [0, 0.05) is 59.6 Å². The first-order valence-electron chi connectivity index (χ1n) is 11.4. The van der Waals surface area contributed by atoms with Gasteiger partial charge in [0.15, 0.2) is 6.10 Å². The topological polar surface area (TPSA) is 91.3 Å². The van der Waals surface area contributed by atoms with Crippen molar-refractivity contribution in [1.82, 2.24) is 19.9 Å². The molecular weight excluding hydrogens is 452 g/mol. The van der Waals surface area contributed by atoms with Crippen LogP contribution < -0.4 is 4.74 Å². The lowest BCUT2D eigenvalue weighted by atomic mass is 9.87. The first-order valence-corrected chi connectivity index (χ1v) is 11.7. The van der Waals surface area contributed by atoms with E-state index in [0.717, 1.165) is 27.7 Å². The normalized spacial score (nSPS) is 19.1. The molecule has 2 aliphatic rings. The number of pyridine rings is 2. The highest BCUT2D eigenvalue weighted by atomic mass is 35.5. The molecule has 0 saturated carbocycles. The number of aromatic nitrogens is 3. The van der Waals surface area contributed by atoms with Crippen molar-refractivity contribution in [2.24, 2.45) is 0 Å². The summed E-state index contributed by atoms with van der Waals surface area (Å²) < 4.78 is 6.27. The summed E-state index contributed by atoms with van der Waals surface area (Å²) in [4.78, 5) is 27.0. The van der Waals surface area contributed by atoms with Gasteiger partial charge in [0.1, 0.15) is 17.0 Å². The maximum Gasteiger partial charge on any atom is 0.263 e. The van der Waals surface area contributed by atoms with E-state index in [1.807, 2.05) is 48.7 Å². The molecule has 34 heavy (non-hydrogen) atoms. The Morgan fingerprint density at radius 3 is 2.76 bits per heavy atom. The Morgan fingerprint density at radius 1 is 1.12 bits per heavy atom. The summed E-state index contributed by atoms with van der Waals surface area (Å²) in [6, 6.07) is 13.2. The van der Waals surface area contributed by atoms with E-state index in [2.05, 4.69) is 15.0 Å². The van der Waals surface area contributed by atoms with Crippen molar-refractivity contribution in [3.8, 4) is 16.9 Å². The van der Waals surface area contributed by atoms with Gasteiger partial charge in [-0.3, -0.25) is 9.78 Å². The molecule has 1 atom stereocenters. The Balaban J connectivity index is 1.23. The van der Waals surface area contributed by atoms with E-state index in [1.54, 1.807) is 17.3 Å². The van der Waals surface area contributed by atoms with Crippen molar-refractivity contribution in [1.29, 1.82) is 0 Å². The Bertz CT molecular complexity index is 1380. The number of ether oxygens (including phenoxy) is 1. The highest BCUT2D eigenvalue weighted by molar-refractivity contribution is 6.31. The van der Waals surface area contributed by atoms with Crippen molar-refractivity contribution in [2.75, 3.05) is 13.1 Å². The van der Waals surface area contributed by atoms with Crippen LogP contribution in [0.2, 0.25) is 5.02 Å². The molecule has 0 bridgehead atoms. The average Bonchev–Trinajstić information content (AvgIpc) is 3.51. The molecule has 5 heterocycles. The van der Waals surface area contributed by atoms with E-state index in [4.69, 9.17) is 16.3 Å². The predicted octanol–water partition coefficient (Wildman–Crippen LogP) is 4.09. The highest BCUT2D eigenvalue weighted by Crippen LogP contribution is 2.43. The molecule has 172 valence electrons. The molecule has 4 aromatic rings. The summed E-state index contributed by atoms with van der Waals surface area (Å²) in [5, 5.41) is 12.6. The van der Waals surface area contributed by atoms with E-state index in [0.29, 0.717) is 48.8 Å². The third-order valence-corrected chi connectivity index (χ3v) is 7.08. The number of nitrogens with zero attached hydrogens (tertiary/aromatic N) is 3. The highest BCUT2D eigenvalue weighted by Gasteiger charge is 2.40. The number of halogens is 1. The molecule has 1 aromatic carbocycles. The largest absolute Gasteiger partial charge is 0.479 e. The van der Waals surface area contributed by atoms with Crippen LogP contribution in [0.4, 0.5) is 0 Å². The van der Waals surface area contributed by atoms with Crippen molar-refractivity contribution in [3.05, 3.63) is 77.3 Å². The SMILES string of the molecule is O=C(C1Cc2cc(Cl)cc(-c3ccnc4[nH]ccc34)c2O1)N1CCC(O)(c2ccccn2)CC1. The number of hydrogen-bond donors (Lipinski definition) is 2. The Kier molecular flexibility index (Phi) is 5.04. The van der Waals surface area contributed by atoms with Gasteiger partial charge < -0.3 is 19.7 Å². The monoisotopic (exact) mass is 474 g/mol. The van der Waals surface area contributed by atoms with Crippen LogP contribution in [0.15, 0.2) is 61.1 Å². The summed E-state index contributed by atoms with van der Waals surface area (Å²) in [5.41, 5.74) is 3.15. The smallest absolute Gasteiger partial charge is 0.263 e. The minimum absolute atomic E-state index is 0.0668. The molecule has 2 N–H and O–H groups in total. The van der Waals surface area contributed by atoms with Crippen LogP contribution in [-0.4, -0.2) is 50.1 Å². The Morgan fingerprint density at radius 2 is 1.97 bits per heavy atom. The zero-order chi connectivity index (χ0) is 23.3. The van der Waals surface area contributed by atoms with Crippen molar-refractivity contribution in [3.63, 3.8) is 0 Å². The standard InChI is InChI=1S/C26H23ClN4O3/c27-17-13-16-14-21(25(32)31-11-6-26(33,7-12-31)22-3-1-2-8-28-22)34-23(16)20(15-17)18-4-9-29-24-19(18)5-10-30-24/h1-5,8-10,13,15,21,33H,6-7,11-12,14H2,(H,29,30). The molecule has 1 unspecified atom stereocenters. The average molecular weight is 475 g/mol. The second-order valence-electron chi connectivity index (χ2n) is 8.92. The number of piperidine rings is 1. The maximum atomic E-state index is 13.4. The van der Waals surface area contributed by atoms with Crippen LogP contribution in [0, 0.1) is 0 Å². The zero-order valence-corrected chi connectivity index (χ0v) is 19.1. The van der Waals surface area contributed by atoms with Gasteiger partial charge in [-0.1, -0.05) is 17.7 Å². The molecule has 1 saturated heterocycles. The van der Waals surface area contributed by atoms with E-state index in [9.17, 15) is 9.90 Å². The summed E-state index contributed by atoms with van der Waals surface area (Å²) >= 11 is 6.46. The number of carbonyl (C=O) groups is 1. The number of carbonyl (C=O) groups excluding carboxylic acids is 1. The molecule has 3 aromatic heterocycles. The number of H-pyrrole nitrogens is 1. The lowest BCUT2D eigenvalue weighted by Crippen LogP contribution is -2.49. The number of nitrogens with one attached hydrogen (secondary N) is 1. The third-order valence-electron chi connectivity index (χ3n) is 6.87. The molecule has 2 aliphatic heterocycles. The van der Waals surface area contributed by atoms with E-state index >= 15 is 0 Å². The molecule has 1 fully saturated rings. The summed E-state index contributed by atoms with van der Waals surface area (Å²) in [5.74, 6) is 0.626. The van der Waals surface area contributed by atoms with Gasteiger partial charge in [-0.25, -0.2) is 4.98 Å². The van der Waals surface area contributed by atoms with Crippen LogP contribution in [-0.2, 0) is 16.8 Å². The number of likely N-dealkylation sites (tertiary alicyclic amines) is 1. The van der Waals surface area contributed by atoms with Gasteiger partial charge >= 0.3 is 0 Å². The van der Waals surface area contributed by atoms with Crippen LogP contribution in [0.3, 0.4) is 0 Å². The van der Waals surface area contributed by atoms with Gasteiger partial charge in [-0.05, 0) is 54.8 Å². The number of aliphatic hydroxyl groups is 1. The molecule has 8 heteroatoms. The second-order valence-corrected chi connectivity index (χ2v) is 9.36. The predicted molar refractivity (Wildman–Crippen MR) is 129 cm³/mol. The van der Waals surface area contributed by atoms with Crippen molar-refractivity contribution >= 4 is 28.5 Å². The fraction of sp³-hybridized carbons (Fsp3) is 0.269. The van der Waals surface area contributed by atoms with Gasteiger partial charge in [0.05, 0.1) is 5.69 Å². The summed E-state index contributed by atoms with van der Waals surface area (Å²) in [6.07, 6.45) is 6.00. The molecule has 6 rings (SSSR count). The van der Waals surface area contributed by atoms with Gasteiger partial charge in [0.2, 0.25) is 0 Å². The molecule has 7 nitrogen and oxygen atoms in total. The minimum Gasteiger partial charge on any atom is -0.479 e. The van der Waals surface area contributed by atoms with Gasteiger partial charge in [-0.2, -0.15) is 0 Å². The lowest BCUT2D eigenvalue weighted by Gasteiger charge is -2.38. The van der Waals surface area contributed by atoms with Gasteiger partial charge in [0.25, 0.3) is 5.91 Å². The fourth-order valence-electron chi connectivity index (χ4n) is 5.05. The molecule has 0 radical (unpaired) electrons.